The molecule has 0 bridgehead atoms. The van der Waals surface area contributed by atoms with Crippen molar-refractivity contribution in [3.8, 4) is 5.75 Å². The Morgan fingerprint density at radius 1 is 1.17 bits per heavy atom. The second kappa shape index (κ2) is 7.02. The Balaban J connectivity index is 1.86. The van der Waals surface area contributed by atoms with Crippen molar-refractivity contribution in [2.75, 3.05) is 14.2 Å². The van der Waals surface area contributed by atoms with Crippen LogP contribution >= 0.6 is 23.1 Å². The summed E-state index contributed by atoms with van der Waals surface area (Å²) in [4.78, 5) is 16.6. The van der Waals surface area contributed by atoms with E-state index in [4.69, 9.17) is 9.47 Å². The molecule has 1 aromatic heterocycles. The Hall–Kier alpha value is -2.05. The minimum absolute atomic E-state index is 0.387. The third-order valence-corrected chi connectivity index (χ3v) is 5.58. The summed E-state index contributed by atoms with van der Waals surface area (Å²) in [5, 5.41) is 0. The van der Waals surface area contributed by atoms with Crippen LogP contribution in [0.3, 0.4) is 0 Å². The van der Waals surface area contributed by atoms with Gasteiger partial charge in [-0.1, -0.05) is 36.0 Å². The van der Waals surface area contributed by atoms with Crippen LogP contribution in [0.5, 0.6) is 5.75 Å². The smallest absolute Gasteiger partial charge is 0.341 e. The highest BCUT2D eigenvalue weighted by molar-refractivity contribution is 8.00. The molecule has 0 saturated carbocycles. The minimum Gasteiger partial charge on any atom is -0.496 e. The van der Waals surface area contributed by atoms with Crippen molar-refractivity contribution in [2.24, 2.45) is 0 Å². The SMILES string of the molecule is COC(=O)c1c(CSc2nc3ccccc3s2)cccc1OC. The van der Waals surface area contributed by atoms with E-state index in [0.29, 0.717) is 17.1 Å². The van der Waals surface area contributed by atoms with E-state index < -0.39 is 0 Å². The molecule has 6 heteroatoms. The van der Waals surface area contributed by atoms with Crippen LogP contribution < -0.4 is 4.74 Å². The van der Waals surface area contributed by atoms with Crippen LogP contribution in [0.15, 0.2) is 46.8 Å². The predicted molar refractivity (Wildman–Crippen MR) is 93.5 cm³/mol. The minimum atomic E-state index is -0.387. The number of hydrogen-bond donors (Lipinski definition) is 0. The predicted octanol–water partition coefficient (Wildman–Crippen LogP) is 4.38. The van der Waals surface area contributed by atoms with Crippen molar-refractivity contribution in [1.29, 1.82) is 0 Å². The first-order valence-corrected chi connectivity index (χ1v) is 8.75. The third-order valence-electron chi connectivity index (χ3n) is 3.35. The Morgan fingerprint density at radius 2 is 2.00 bits per heavy atom. The van der Waals surface area contributed by atoms with Gasteiger partial charge >= 0.3 is 5.97 Å². The molecule has 3 rings (SSSR count). The average Bonchev–Trinajstić information content (AvgIpc) is 3.01. The monoisotopic (exact) mass is 345 g/mol. The maximum Gasteiger partial charge on any atom is 0.341 e. The molecule has 0 saturated heterocycles. The highest BCUT2D eigenvalue weighted by Gasteiger charge is 2.18. The Labute approximate surface area is 142 Å². The van der Waals surface area contributed by atoms with Gasteiger partial charge in [0, 0.05) is 5.75 Å². The number of esters is 1. The van der Waals surface area contributed by atoms with Gasteiger partial charge in [-0.25, -0.2) is 9.78 Å². The number of rotatable bonds is 5. The van der Waals surface area contributed by atoms with Gasteiger partial charge < -0.3 is 9.47 Å². The lowest BCUT2D eigenvalue weighted by Gasteiger charge is -2.11. The zero-order chi connectivity index (χ0) is 16.2. The molecule has 0 aliphatic heterocycles. The highest BCUT2D eigenvalue weighted by Crippen LogP contribution is 2.33. The number of ether oxygens (including phenoxy) is 2. The molecule has 0 aliphatic rings. The van der Waals surface area contributed by atoms with Crippen molar-refractivity contribution in [1.82, 2.24) is 4.98 Å². The number of carbonyl (C=O) groups is 1. The molecule has 0 atom stereocenters. The van der Waals surface area contributed by atoms with Gasteiger partial charge in [-0.05, 0) is 23.8 Å². The molecule has 118 valence electrons. The van der Waals surface area contributed by atoms with Gasteiger partial charge in [0.15, 0.2) is 4.34 Å². The quantitative estimate of drug-likeness (QED) is 0.507. The number of nitrogens with zero attached hydrogens (tertiary/aromatic N) is 1. The lowest BCUT2D eigenvalue weighted by molar-refractivity contribution is 0.0596. The van der Waals surface area contributed by atoms with Crippen molar-refractivity contribution in [3.05, 3.63) is 53.6 Å². The van der Waals surface area contributed by atoms with Gasteiger partial charge in [0.1, 0.15) is 11.3 Å². The number of hydrogen-bond acceptors (Lipinski definition) is 6. The summed E-state index contributed by atoms with van der Waals surface area (Å²) in [6.45, 7) is 0. The van der Waals surface area contributed by atoms with Crippen LogP contribution in [0.1, 0.15) is 15.9 Å². The summed E-state index contributed by atoms with van der Waals surface area (Å²) in [5.74, 6) is 0.767. The lowest BCUT2D eigenvalue weighted by Crippen LogP contribution is -2.07. The van der Waals surface area contributed by atoms with Crippen LogP contribution in [0.2, 0.25) is 0 Å². The second-order valence-corrected chi connectivity index (χ2v) is 6.98. The molecule has 0 N–H and O–H groups in total. The third kappa shape index (κ3) is 3.33. The summed E-state index contributed by atoms with van der Waals surface area (Å²) < 4.78 is 12.3. The number of aromatic nitrogens is 1. The number of thiazole rings is 1. The number of thioether (sulfide) groups is 1. The van der Waals surface area contributed by atoms with Crippen LogP contribution in [0.4, 0.5) is 0 Å². The number of fused-ring (bicyclic) bond motifs is 1. The van der Waals surface area contributed by atoms with Gasteiger partial charge in [0.05, 0.1) is 24.4 Å². The number of carbonyl (C=O) groups excluding carboxylic acids is 1. The molecule has 1 heterocycles. The second-order valence-electron chi connectivity index (χ2n) is 4.72. The van der Waals surface area contributed by atoms with E-state index in [1.165, 1.54) is 7.11 Å². The van der Waals surface area contributed by atoms with E-state index in [0.717, 1.165) is 20.1 Å². The summed E-state index contributed by atoms with van der Waals surface area (Å²) in [5.41, 5.74) is 2.35. The topological polar surface area (TPSA) is 48.4 Å². The average molecular weight is 345 g/mol. The van der Waals surface area contributed by atoms with Crippen LogP contribution in [-0.4, -0.2) is 25.2 Å². The number of benzene rings is 2. The fourth-order valence-corrected chi connectivity index (χ4v) is 4.31. The van der Waals surface area contributed by atoms with Crippen LogP contribution in [-0.2, 0) is 10.5 Å². The zero-order valence-corrected chi connectivity index (χ0v) is 14.4. The van der Waals surface area contributed by atoms with Crippen molar-refractivity contribution in [3.63, 3.8) is 0 Å². The fourth-order valence-electron chi connectivity index (χ4n) is 2.25. The molecule has 23 heavy (non-hydrogen) atoms. The molecule has 0 fully saturated rings. The Bertz CT molecular complexity index is 812. The molecule has 4 nitrogen and oxygen atoms in total. The summed E-state index contributed by atoms with van der Waals surface area (Å²) >= 11 is 3.26. The van der Waals surface area contributed by atoms with Crippen molar-refractivity contribution >= 4 is 39.3 Å². The molecular formula is C17H15NO3S2. The van der Waals surface area contributed by atoms with E-state index in [-0.39, 0.29) is 5.97 Å². The summed E-state index contributed by atoms with van der Waals surface area (Å²) in [6, 6.07) is 13.6. The number of para-hydroxylation sites is 1. The first-order chi connectivity index (χ1) is 11.2. The first kappa shape index (κ1) is 15.8. The molecule has 2 aromatic carbocycles. The van der Waals surface area contributed by atoms with E-state index in [9.17, 15) is 4.79 Å². The zero-order valence-electron chi connectivity index (χ0n) is 12.7. The standard InChI is InChI=1S/C17H15NO3S2/c1-20-13-8-5-6-11(15(13)16(19)21-2)10-22-17-18-12-7-3-4-9-14(12)23-17/h3-9H,10H2,1-2H3. The van der Waals surface area contributed by atoms with E-state index >= 15 is 0 Å². The molecule has 0 spiro atoms. The Morgan fingerprint density at radius 3 is 2.74 bits per heavy atom. The number of methoxy groups -OCH3 is 2. The van der Waals surface area contributed by atoms with Gasteiger partial charge in [0.2, 0.25) is 0 Å². The van der Waals surface area contributed by atoms with E-state index in [1.54, 1.807) is 36.3 Å². The summed E-state index contributed by atoms with van der Waals surface area (Å²) in [7, 11) is 2.92. The maximum absolute atomic E-state index is 12.0. The van der Waals surface area contributed by atoms with Crippen molar-refractivity contribution in [2.45, 2.75) is 10.1 Å². The normalized spacial score (nSPS) is 10.7. The fraction of sp³-hybridized carbons (Fsp3) is 0.176. The largest absolute Gasteiger partial charge is 0.496 e. The lowest BCUT2D eigenvalue weighted by atomic mass is 10.1. The highest BCUT2D eigenvalue weighted by atomic mass is 32.2. The summed E-state index contributed by atoms with van der Waals surface area (Å²) in [6.07, 6.45) is 0. The van der Waals surface area contributed by atoms with Gasteiger partial charge in [0.25, 0.3) is 0 Å². The Kier molecular flexibility index (Phi) is 4.83. The molecule has 0 radical (unpaired) electrons. The molecule has 0 unspecified atom stereocenters. The molecular weight excluding hydrogens is 330 g/mol. The first-order valence-electron chi connectivity index (χ1n) is 6.95. The van der Waals surface area contributed by atoms with E-state index in [2.05, 4.69) is 11.1 Å². The van der Waals surface area contributed by atoms with E-state index in [1.807, 2.05) is 30.3 Å². The van der Waals surface area contributed by atoms with Gasteiger partial charge in [-0.2, -0.15) is 0 Å². The molecule has 3 aromatic rings. The van der Waals surface area contributed by atoms with Gasteiger partial charge in [-0.15, -0.1) is 11.3 Å². The maximum atomic E-state index is 12.0. The van der Waals surface area contributed by atoms with Crippen LogP contribution in [0.25, 0.3) is 10.2 Å². The molecule has 0 aliphatic carbocycles. The van der Waals surface area contributed by atoms with Crippen molar-refractivity contribution < 1.29 is 14.3 Å². The molecule has 0 amide bonds. The van der Waals surface area contributed by atoms with Gasteiger partial charge in [-0.3, -0.25) is 0 Å². The van der Waals surface area contributed by atoms with Crippen LogP contribution in [0, 0.1) is 0 Å².